The molecule has 4 aromatic rings. The summed E-state index contributed by atoms with van der Waals surface area (Å²) in [5.74, 6) is 6.24. The molecule has 4 aromatic heterocycles. The maximum atomic E-state index is 6.36. The molecule has 0 atom stereocenters. The SMILES string of the molecule is CC(C)(C)c1sc(-c2sc(-c3sc(-c4sc(C(C)(C)C)c5c4OCCO5)c4c3OCCO4)c3c2OCCO3)c2c1OCCO2. The molecule has 0 saturated heterocycles. The molecule has 4 aliphatic heterocycles. The van der Waals surface area contributed by atoms with E-state index in [1.165, 1.54) is 0 Å². The van der Waals surface area contributed by atoms with Crippen LogP contribution in [-0.4, -0.2) is 52.9 Å². The minimum Gasteiger partial charge on any atom is -0.485 e. The van der Waals surface area contributed by atoms with Gasteiger partial charge in [-0.15, -0.1) is 45.3 Å². The second-order valence-electron chi connectivity index (χ2n) is 13.0. The summed E-state index contributed by atoms with van der Waals surface area (Å²) in [6, 6.07) is 0. The van der Waals surface area contributed by atoms with Gasteiger partial charge in [-0.05, 0) is 0 Å². The van der Waals surface area contributed by atoms with Gasteiger partial charge in [0, 0.05) is 10.8 Å². The Morgan fingerprint density at radius 1 is 0.318 bits per heavy atom. The van der Waals surface area contributed by atoms with Gasteiger partial charge in [0.1, 0.15) is 52.9 Å². The quantitative estimate of drug-likeness (QED) is 0.214. The maximum absolute atomic E-state index is 6.36. The summed E-state index contributed by atoms with van der Waals surface area (Å²) < 4.78 is 50.3. The van der Waals surface area contributed by atoms with Gasteiger partial charge in [-0.2, -0.15) is 0 Å². The van der Waals surface area contributed by atoms with Crippen molar-refractivity contribution in [1.29, 1.82) is 0 Å². The average molecular weight is 675 g/mol. The topological polar surface area (TPSA) is 73.8 Å². The van der Waals surface area contributed by atoms with Crippen LogP contribution in [0.15, 0.2) is 0 Å². The monoisotopic (exact) mass is 674 g/mol. The second kappa shape index (κ2) is 10.4. The molecule has 8 rings (SSSR count). The molecule has 0 fully saturated rings. The molecule has 0 N–H and O–H groups in total. The normalized spacial score (nSPS) is 17.1. The van der Waals surface area contributed by atoms with Crippen LogP contribution in [0.3, 0.4) is 0 Å². The van der Waals surface area contributed by atoms with E-state index >= 15 is 0 Å². The highest BCUT2D eigenvalue weighted by Crippen LogP contribution is 2.66. The van der Waals surface area contributed by atoms with Crippen LogP contribution in [0.2, 0.25) is 0 Å². The lowest BCUT2D eigenvalue weighted by Crippen LogP contribution is -2.18. The Morgan fingerprint density at radius 2 is 0.523 bits per heavy atom. The molecular weight excluding hydrogens is 641 g/mol. The zero-order chi connectivity index (χ0) is 30.4. The molecule has 0 unspecified atom stereocenters. The van der Waals surface area contributed by atoms with Crippen LogP contribution < -0.4 is 37.9 Å². The summed E-state index contributed by atoms with van der Waals surface area (Å²) in [4.78, 5) is 8.24. The zero-order valence-electron chi connectivity index (χ0n) is 25.6. The molecule has 0 bridgehead atoms. The Morgan fingerprint density at radius 3 is 0.773 bits per heavy atom. The first-order valence-corrected chi connectivity index (χ1v) is 18.1. The third-order valence-corrected chi connectivity index (χ3v) is 13.5. The Kier molecular flexibility index (Phi) is 6.75. The standard InChI is InChI=1S/C32H34O8S4/c1-31(2,3)29-21-19(37-11-13-39-21)27(43-29)25-17-15(33-7-9-35-17)23(41-25)24-16-18(36-10-8-34-16)26(42-24)28-20-22(40-14-12-38-20)30(44-28)32(4,5)6/h7-14H2,1-6H3. The molecular formula is C32H34O8S4. The van der Waals surface area contributed by atoms with E-state index in [-0.39, 0.29) is 10.8 Å². The van der Waals surface area contributed by atoms with Crippen molar-refractivity contribution in [3.05, 3.63) is 9.75 Å². The lowest BCUT2D eigenvalue weighted by molar-refractivity contribution is 0.169. The molecule has 0 amide bonds. The summed E-state index contributed by atoms with van der Waals surface area (Å²) in [6.45, 7) is 17.2. The summed E-state index contributed by atoms with van der Waals surface area (Å²) in [6.07, 6.45) is 0. The first kappa shape index (κ1) is 28.7. The number of rotatable bonds is 3. The predicted molar refractivity (Wildman–Crippen MR) is 176 cm³/mol. The smallest absolute Gasteiger partial charge is 0.181 e. The van der Waals surface area contributed by atoms with E-state index in [4.69, 9.17) is 37.9 Å². The molecule has 0 spiro atoms. The molecule has 0 saturated carbocycles. The van der Waals surface area contributed by atoms with Gasteiger partial charge in [-0.3, -0.25) is 0 Å². The molecule has 8 heterocycles. The Balaban J connectivity index is 1.32. The van der Waals surface area contributed by atoms with Gasteiger partial charge in [0.15, 0.2) is 46.0 Å². The molecule has 0 aromatic carbocycles. The van der Waals surface area contributed by atoms with E-state index < -0.39 is 0 Å². The lowest BCUT2D eigenvalue weighted by Gasteiger charge is -2.22. The van der Waals surface area contributed by atoms with Crippen LogP contribution in [-0.2, 0) is 10.8 Å². The highest BCUT2D eigenvalue weighted by molar-refractivity contribution is 7.29. The Bertz CT molecular complexity index is 1630. The molecule has 0 aliphatic carbocycles. The largest absolute Gasteiger partial charge is 0.485 e. The Hall–Kier alpha value is -2.80. The van der Waals surface area contributed by atoms with Crippen molar-refractivity contribution in [2.75, 3.05) is 52.9 Å². The first-order chi connectivity index (χ1) is 21.1. The molecule has 8 nitrogen and oxygen atoms in total. The summed E-state index contributed by atoms with van der Waals surface area (Å²) in [5.41, 5.74) is -0.203. The van der Waals surface area contributed by atoms with Crippen molar-refractivity contribution in [3.63, 3.8) is 0 Å². The van der Waals surface area contributed by atoms with Crippen LogP contribution in [0, 0.1) is 0 Å². The number of fused-ring (bicyclic) bond motifs is 4. The van der Waals surface area contributed by atoms with Gasteiger partial charge in [0.25, 0.3) is 0 Å². The Labute approximate surface area is 272 Å². The van der Waals surface area contributed by atoms with Gasteiger partial charge >= 0.3 is 0 Å². The van der Waals surface area contributed by atoms with E-state index in [2.05, 4.69) is 41.5 Å². The fraction of sp³-hybridized carbons (Fsp3) is 0.500. The highest BCUT2D eigenvalue weighted by atomic mass is 32.1. The van der Waals surface area contributed by atoms with Gasteiger partial charge in [-0.1, -0.05) is 41.5 Å². The first-order valence-electron chi connectivity index (χ1n) is 14.8. The average Bonchev–Trinajstić information content (AvgIpc) is 3.76. The van der Waals surface area contributed by atoms with Gasteiger partial charge < -0.3 is 37.9 Å². The van der Waals surface area contributed by atoms with Crippen LogP contribution >= 0.6 is 45.3 Å². The van der Waals surface area contributed by atoms with Gasteiger partial charge in [0.05, 0.1) is 39.0 Å². The lowest BCUT2D eigenvalue weighted by atomic mass is 9.94. The van der Waals surface area contributed by atoms with Crippen molar-refractivity contribution in [2.45, 2.75) is 52.4 Å². The molecule has 4 aliphatic rings. The molecule has 0 radical (unpaired) electrons. The summed E-state index contributed by atoms with van der Waals surface area (Å²) >= 11 is 6.71. The van der Waals surface area contributed by atoms with E-state index in [1.807, 2.05) is 0 Å². The van der Waals surface area contributed by atoms with Crippen LogP contribution in [0.25, 0.3) is 29.3 Å². The van der Waals surface area contributed by atoms with E-state index in [1.54, 1.807) is 45.3 Å². The predicted octanol–water partition coefficient (Wildman–Crippen LogP) is 8.61. The van der Waals surface area contributed by atoms with E-state index in [0.717, 1.165) is 85.0 Å². The van der Waals surface area contributed by atoms with Crippen molar-refractivity contribution < 1.29 is 37.9 Å². The summed E-state index contributed by atoms with van der Waals surface area (Å²) in [5, 5.41) is 0. The molecule has 44 heavy (non-hydrogen) atoms. The van der Waals surface area contributed by atoms with Gasteiger partial charge in [0.2, 0.25) is 0 Å². The number of hydrogen-bond donors (Lipinski definition) is 0. The third kappa shape index (κ3) is 4.46. The fourth-order valence-corrected chi connectivity index (χ4v) is 10.9. The summed E-state index contributed by atoms with van der Waals surface area (Å²) in [7, 11) is 0. The number of ether oxygens (including phenoxy) is 8. The van der Waals surface area contributed by atoms with Crippen LogP contribution in [0.5, 0.6) is 46.0 Å². The van der Waals surface area contributed by atoms with Crippen molar-refractivity contribution in [1.82, 2.24) is 0 Å². The van der Waals surface area contributed by atoms with Crippen molar-refractivity contribution in [2.24, 2.45) is 0 Å². The number of hydrogen-bond acceptors (Lipinski definition) is 12. The van der Waals surface area contributed by atoms with E-state index in [9.17, 15) is 0 Å². The van der Waals surface area contributed by atoms with Crippen LogP contribution in [0.4, 0.5) is 0 Å². The van der Waals surface area contributed by atoms with Crippen LogP contribution in [0.1, 0.15) is 51.3 Å². The molecule has 234 valence electrons. The minimum atomic E-state index is -0.102. The number of thiophene rings is 4. The zero-order valence-corrected chi connectivity index (χ0v) is 28.8. The maximum Gasteiger partial charge on any atom is 0.181 e. The third-order valence-electron chi connectivity index (χ3n) is 7.58. The fourth-order valence-electron chi connectivity index (χ4n) is 5.69. The van der Waals surface area contributed by atoms with E-state index in [0.29, 0.717) is 52.9 Å². The van der Waals surface area contributed by atoms with Crippen molar-refractivity contribution >= 4 is 45.3 Å². The van der Waals surface area contributed by atoms with Crippen molar-refractivity contribution in [3.8, 4) is 75.3 Å². The second-order valence-corrected chi connectivity index (χ2v) is 17.0. The highest BCUT2D eigenvalue weighted by Gasteiger charge is 2.40. The molecule has 12 heteroatoms. The van der Waals surface area contributed by atoms with Gasteiger partial charge in [-0.25, -0.2) is 0 Å². The minimum absolute atomic E-state index is 0.102.